The number of hydrogen-bond acceptors (Lipinski definition) is 4. The quantitative estimate of drug-likeness (QED) is 0.504. The molecular formula is C25H24FN5O2. The van der Waals surface area contributed by atoms with E-state index in [9.17, 15) is 14.0 Å². The zero-order valence-corrected chi connectivity index (χ0v) is 18.3. The highest BCUT2D eigenvalue weighted by molar-refractivity contribution is 5.94. The van der Waals surface area contributed by atoms with Crippen LogP contribution in [0.25, 0.3) is 22.0 Å². The Morgan fingerprint density at radius 3 is 2.48 bits per heavy atom. The summed E-state index contributed by atoms with van der Waals surface area (Å²) in [6.45, 7) is 0.184. The van der Waals surface area contributed by atoms with Crippen molar-refractivity contribution < 1.29 is 9.18 Å². The van der Waals surface area contributed by atoms with Crippen LogP contribution < -0.4 is 10.9 Å². The number of fused-ring (bicyclic) bond motifs is 1. The van der Waals surface area contributed by atoms with Gasteiger partial charge in [-0.25, -0.2) is 9.07 Å². The molecule has 0 spiro atoms. The number of carbonyl (C=O) groups is 1. The van der Waals surface area contributed by atoms with E-state index in [2.05, 4.69) is 15.5 Å². The maximum Gasteiger partial charge on any atom is 0.274 e. The van der Waals surface area contributed by atoms with E-state index in [1.54, 1.807) is 29.9 Å². The SMILES string of the molecule is Cn1nc(-c2ccc(F)cc2)cc1C(=O)NCc1nn(C2CCCC2)c(=O)c2ccccc12. The standard InChI is InChI=1S/C25H24FN5O2/c1-30-23(14-21(28-30)16-10-12-17(26)13-11-16)24(32)27-15-22-19-8-4-5-9-20(19)25(33)31(29-22)18-6-2-3-7-18/h4-5,8-14,18H,2-3,6-7,15H2,1H3,(H,27,32). The lowest BCUT2D eigenvalue weighted by Crippen LogP contribution is -2.30. The van der Waals surface area contributed by atoms with E-state index >= 15 is 0 Å². The second-order valence-electron chi connectivity index (χ2n) is 8.41. The van der Waals surface area contributed by atoms with E-state index in [1.165, 1.54) is 16.8 Å². The van der Waals surface area contributed by atoms with Crippen LogP contribution in [0.4, 0.5) is 4.39 Å². The molecule has 2 aromatic heterocycles. The summed E-state index contributed by atoms with van der Waals surface area (Å²) in [5, 5.41) is 13.3. The number of benzene rings is 2. The maximum atomic E-state index is 13.2. The summed E-state index contributed by atoms with van der Waals surface area (Å²) >= 11 is 0. The Balaban J connectivity index is 1.42. The molecule has 2 heterocycles. The molecular weight excluding hydrogens is 421 g/mol. The smallest absolute Gasteiger partial charge is 0.274 e. The van der Waals surface area contributed by atoms with Crippen molar-refractivity contribution in [3.8, 4) is 11.3 Å². The number of nitrogens with one attached hydrogen (secondary N) is 1. The number of nitrogens with zero attached hydrogens (tertiary/aromatic N) is 4. The van der Waals surface area contributed by atoms with Gasteiger partial charge in [0.15, 0.2) is 0 Å². The van der Waals surface area contributed by atoms with Crippen LogP contribution in [0.15, 0.2) is 59.4 Å². The van der Waals surface area contributed by atoms with Gasteiger partial charge >= 0.3 is 0 Å². The largest absolute Gasteiger partial charge is 0.345 e. The lowest BCUT2D eigenvalue weighted by molar-refractivity contribution is 0.0941. The summed E-state index contributed by atoms with van der Waals surface area (Å²) < 4.78 is 16.3. The molecule has 2 aromatic carbocycles. The van der Waals surface area contributed by atoms with E-state index in [0.717, 1.165) is 36.6 Å². The zero-order chi connectivity index (χ0) is 22.9. The number of amides is 1. The Bertz CT molecular complexity index is 1380. The van der Waals surface area contributed by atoms with E-state index in [1.807, 2.05) is 24.3 Å². The van der Waals surface area contributed by atoms with E-state index in [0.29, 0.717) is 22.5 Å². The second kappa shape index (κ2) is 8.61. The zero-order valence-electron chi connectivity index (χ0n) is 18.3. The molecule has 168 valence electrons. The van der Waals surface area contributed by atoms with Crippen molar-refractivity contribution in [1.29, 1.82) is 0 Å². The van der Waals surface area contributed by atoms with Gasteiger partial charge in [0.1, 0.15) is 11.5 Å². The van der Waals surface area contributed by atoms with Gasteiger partial charge in [-0.3, -0.25) is 14.3 Å². The highest BCUT2D eigenvalue weighted by Crippen LogP contribution is 2.28. The minimum absolute atomic E-state index is 0.0804. The van der Waals surface area contributed by atoms with Crippen molar-refractivity contribution in [2.24, 2.45) is 7.05 Å². The van der Waals surface area contributed by atoms with Gasteiger partial charge in [-0.05, 0) is 49.2 Å². The number of halogens is 1. The first-order valence-electron chi connectivity index (χ1n) is 11.1. The average Bonchev–Trinajstić information content (AvgIpc) is 3.49. The number of aromatic nitrogens is 4. The third-order valence-corrected chi connectivity index (χ3v) is 6.24. The predicted molar refractivity (Wildman–Crippen MR) is 123 cm³/mol. The number of hydrogen-bond donors (Lipinski definition) is 1. The van der Waals surface area contributed by atoms with Crippen molar-refractivity contribution in [2.75, 3.05) is 0 Å². The van der Waals surface area contributed by atoms with Crippen LogP contribution in [-0.4, -0.2) is 25.5 Å². The summed E-state index contributed by atoms with van der Waals surface area (Å²) in [6.07, 6.45) is 4.07. The van der Waals surface area contributed by atoms with E-state index < -0.39 is 0 Å². The number of aryl methyl sites for hydroxylation is 1. The number of carbonyl (C=O) groups excluding carboxylic acids is 1. The molecule has 1 aliphatic carbocycles. The van der Waals surface area contributed by atoms with Crippen LogP contribution in [0, 0.1) is 5.82 Å². The molecule has 4 aromatic rings. The molecule has 0 bridgehead atoms. The summed E-state index contributed by atoms with van der Waals surface area (Å²) in [5.41, 5.74) is 2.26. The molecule has 0 unspecified atom stereocenters. The average molecular weight is 445 g/mol. The number of rotatable bonds is 5. The van der Waals surface area contributed by atoms with Gasteiger partial charge in [-0.1, -0.05) is 31.0 Å². The highest BCUT2D eigenvalue weighted by Gasteiger charge is 2.22. The molecule has 0 aliphatic heterocycles. The minimum Gasteiger partial charge on any atom is -0.345 e. The van der Waals surface area contributed by atoms with Gasteiger partial charge in [0.05, 0.1) is 29.4 Å². The van der Waals surface area contributed by atoms with Crippen LogP contribution in [0.1, 0.15) is 47.9 Å². The molecule has 1 fully saturated rings. The first-order chi connectivity index (χ1) is 16.0. The van der Waals surface area contributed by atoms with Gasteiger partial charge in [-0.2, -0.15) is 10.2 Å². The maximum absolute atomic E-state index is 13.2. The lowest BCUT2D eigenvalue weighted by atomic mass is 10.1. The van der Waals surface area contributed by atoms with Gasteiger partial charge in [-0.15, -0.1) is 0 Å². The van der Waals surface area contributed by atoms with Gasteiger partial charge < -0.3 is 5.32 Å². The summed E-state index contributed by atoms with van der Waals surface area (Å²) in [5.74, 6) is -0.630. The van der Waals surface area contributed by atoms with Crippen molar-refractivity contribution >= 4 is 16.7 Å². The van der Waals surface area contributed by atoms with Crippen LogP contribution in [0.2, 0.25) is 0 Å². The monoisotopic (exact) mass is 445 g/mol. The van der Waals surface area contributed by atoms with Crippen molar-refractivity contribution in [1.82, 2.24) is 24.9 Å². The molecule has 5 rings (SSSR count). The third kappa shape index (κ3) is 4.04. The van der Waals surface area contributed by atoms with Crippen molar-refractivity contribution in [3.63, 3.8) is 0 Å². The van der Waals surface area contributed by atoms with Gasteiger partial charge in [0, 0.05) is 18.0 Å². The Kier molecular flexibility index (Phi) is 5.50. The van der Waals surface area contributed by atoms with Crippen LogP contribution in [-0.2, 0) is 13.6 Å². The Morgan fingerprint density at radius 2 is 1.76 bits per heavy atom. The second-order valence-corrected chi connectivity index (χ2v) is 8.41. The van der Waals surface area contributed by atoms with Crippen molar-refractivity contribution in [3.05, 3.63) is 82.2 Å². The van der Waals surface area contributed by atoms with Crippen LogP contribution in [0.3, 0.4) is 0 Å². The molecule has 8 heteroatoms. The Labute approximate surface area is 189 Å². The fraction of sp³-hybridized carbons (Fsp3) is 0.280. The summed E-state index contributed by atoms with van der Waals surface area (Å²) in [4.78, 5) is 26.0. The topological polar surface area (TPSA) is 81.8 Å². The fourth-order valence-electron chi connectivity index (χ4n) is 4.50. The first-order valence-corrected chi connectivity index (χ1v) is 11.1. The molecule has 33 heavy (non-hydrogen) atoms. The summed E-state index contributed by atoms with van der Waals surface area (Å²) in [6, 6.07) is 15.1. The molecule has 1 aliphatic rings. The molecule has 0 saturated heterocycles. The molecule has 0 radical (unpaired) electrons. The molecule has 0 atom stereocenters. The highest BCUT2D eigenvalue weighted by atomic mass is 19.1. The Hall–Kier alpha value is -3.81. The Morgan fingerprint density at radius 1 is 1.06 bits per heavy atom. The third-order valence-electron chi connectivity index (χ3n) is 6.24. The van der Waals surface area contributed by atoms with Gasteiger partial charge in [0.2, 0.25) is 0 Å². The van der Waals surface area contributed by atoms with Crippen molar-refractivity contribution in [2.45, 2.75) is 38.3 Å². The minimum atomic E-state index is -0.327. The molecule has 1 saturated carbocycles. The first kappa shape index (κ1) is 21.1. The predicted octanol–water partition coefficient (Wildman–Crippen LogP) is 3.98. The van der Waals surface area contributed by atoms with Crippen LogP contribution >= 0.6 is 0 Å². The van der Waals surface area contributed by atoms with Crippen LogP contribution in [0.5, 0.6) is 0 Å². The normalized spacial score (nSPS) is 14.1. The van der Waals surface area contributed by atoms with Gasteiger partial charge in [0.25, 0.3) is 11.5 Å². The molecule has 1 amide bonds. The van der Waals surface area contributed by atoms with E-state index in [-0.39, 0.29) is 29.9 Å². The summed E-state index contributed by atoms with van der Waals surface area (Å²) in [7, 11) is 1.69. The molecule has 1 N–H and O–H groups in total. The lowest BCUT2D eigenvalue weighted by Gasteiger charge is -2.16. The fourth-order valence-corrected chi connectivity index (χ4v) is 4.50. The molecule has 7 nitrogen and oxygen atoms in total. The van der Waals surface area contributed by atoms with E-state index in [4.69, 9.17) is 0 Å².